The number of hydrogen-bond donors (Lipinski definition) is 0. The fraction of sp³-hybridized carbons (Fsp3) is 0.333. The quantitative estimate of drug-likeness (QED) is 0.367. The maximum atomic E-state index is 13.4. The molecule has 9 heteroatoms. The van der Waals surface area contributed by atoms with E-state index in [9.17, 15) is 4.79 Å². The third-order valence-corrected chi connectivity index (χ3v) is 6.94. The summed E-state index contributed by atoms with van der Waals surface area (Å²) in [5.74, 6) is 2.53. The normalized spacial score (nSPS) is 21.3. The summed E-state index contributed by atoms with van der Waals surface area (Å²) in [5.41, 5.74) is 2.06. The van der Waals surface area contributed by atoms with E-state index in [0.29, 0.717) is 11.7 Å². The Morgan fingerprint density at radius 2 is 2.12 bits per heavy atom. The van der Waals surface area contributed by atoms with Gasteiger partial charge in [-0.1, -0.05) is 17.8 Å². The highest BCUT2D eigenvalue weighted by molar-refractivity contribution is 7.99. The number of aromatic nitrogens is 3. The van der Waals surface area contributed by atoms with Gasteiger partial charge in [-0.05, 0) is 62.1 Å². The van der Waals surface area contributed by atoms with Crippen molar-refractivity contribution < 1.29 is 13.6 Å². The highest BCUT2D eigenvalue weighted by atomic mass is 32.2. The minimum absolute atomic E-state index is 0.0896. The minimum atomic E-state index is -0.254. The summed E-state index contributed by atoms with van der Waals surface area (Å²) in [5, 5.41) is 15.5. The summed E-state index contributed by atoms with van der Waals surface area (Å²) in [4.78, 5) is 13.4. The van der Waals surface area contributed by atoms with Crippen molar-refractivity contribution in [3.8, 4) is 0 Å². The van der Waals surface area contributed by atoms with E-state index < -0.39 is 0 Å². The van der Waals surface area contributed by atoms with E-state index in [4.69, 9.17) is 13.9 Å². The van der Waals surface area contributed by atoms with Crippen molar-refractivity contribution in [1.29, 1.82) is 0 Å². The van der Waals surface area contributed by atoms with E-state index in [0.717, 1.165) is 47.9 Å². The van der Waals surface area contributed by atoms with Crippen LogP contribution in [0, 0.1) is 12.8 Å². The average molecular weight is 464 g/mol. The van der Waals surface area contributed by atoms with Crippen LogP contribution in [0.4, 0.5) is 0 Å². The van der Waals surface area contributed by atoms with Gasteiger partial charge in [0.25, 0.3) is 5.91 Å². The van der Waals surface area contributed by atoms with Gasteiger partial charge < -0.3 is 13.4 Å². The lowest BCUT2D eigenvalue weighted by Crippen LogP contribution is -2.32. The Labute approximate surface area is 196 Å². The van der Waals surface area contributed by atoms with Crippen LogP contribution in [0.2, 0.25) is 0 Å². The van der Waals surface area contributed by atoms with E-state index in [1.54, 1.807) is 23.6 Å². The van der Waals surface area contributed by atoms with Crippen LogP contribution in [-0.4, -0.2) is 37.1 Å². The average Bonchev–Trinajstić information content (AvgIpc) is 3.61. The van der Waals surface area contributed by atoms with Gasteiger partial charge in [0, 0.05) is 12.5 Å². The lowest BCUT2D eigenvalue weighted by atomic mass is 9.79. The summed E-state index contributed by atoms with van der Waals surface area (Å²) in [6.45, 7) is 6.27. The zero-order valence-corrected chi connectivity index (χ0v) is 19.2. The van der Waals surface area contributed by atoms with Gasteiger partial charge in [0.05, 0.1) is 24.0 Å². The summed E-state index contributed by atoms with van der Waals surface area (Å²) in [6.07, 6.45) is 10.0. The maximum Gasteiger partial charge on any atom is 0.253 e. The Kier molecular flexibility index (Phi) is 6.04. The molecule has 0 bridgehead atoms. The second kappa shape index (κ2) is 9.27. The van der Waals surface area contributed by atoms with E-state index in [-0.39, 0.29) is 23.6 Å². The molecule has 0 radical (unpaired) electrons. The second-order valence-electron chi connectivity index (χ2n) is 8.09. The maximum absolute atomic E-state index is 13.4. The SMILES string of the molecule is C=CCn1c(C)nnc1SCC(=O)N1N=C2C(=Cc3ccco3)CCCC2C1c1ccco1. The number of rotatable bonds is 7. The first-order valence-electron chi connectivity index (χ1n) is 11.0. The van der Waals surface area contributed by atoms with Crippen LogP contribution in [0.1, 0.15) is 42.6 Å². The van der Waals surface area contributed by atoms with E-state index >= 15 is 0 Å². The van der Waals surface area contributed by atoms with Crippen LogP contribution < -0.4 is 0 Å². The number of hydrazone groups is 1. The Bertz CT molecular complexity index is 1190. The monoisotopic (exact) mass is 463 g/mol. The number of carbonyl (C=O) groups excluding carboxylic acids is 1. The number of thioether (sulfide) groups is 1. The zero-order valence-electron chi connectivity index (χ0n) is 18.4. The van der Waals surface area contributed by atoms with Crippen LogP contribution in [0.5, 0.6) is 0 Å². The van der Waals surface area contributed by atoms with Crippen molar-refractivity contribution in [3.63, 3.8) is 0 Å². The molecule has 0 N–H and O–H groups in total. The molecule has 1 fully saturated rings. The molecule has 33 heavy (non-hydrogen) atoms. The first-order chi connectivity index (χ1) is 16.2. The van der Waals surface area contributed by atoms with Crippen LogP contribution in [-0.2, 0) is 11.3 Å². The number of allylic oxidation sites excluding steroid dienone is 2. The topological polar surface area (TPSA) is 89.7 Å². The number of carbonyl (C=O) groups is 1. The predicted octanol–water partition coefficient (Wildman–Crippen LogP) is 4.87. The molecule has 2 atom stereocenters. The van der Waals surface area contributed by atoms with E-state index in [2.05, 4.69) is 16.8 Å². The molecular formula is C24H25N5O3S. The fourth-order valence-corrected chi connectivity index (χ4v) is 5.34. The summed E-state index contributed by atoms with van der Waals surface area (Å²) < 4.78 is 13.2. The molecule has 0 spiro atoms. The molecule has 1 aliphatic carbocycles. The number of amides is 1. The number of fused-ring (bicyclic) bond motifs is 1. The molecule has 8 nitrogen and oxygen atoms in total. The van der Waals surface area contributed by atoms with Gasteiger partial charge in [-0.3, -0.25) is 4.79 Å². The van der Waals surface area contributed by atoms with Crippen LogP contribution in [0.15, 0.2) is 74.1 Å². The first-order valence-corrected chi connectivity index (χ1v) is 12.0. The van der Waals surface area contributed by atoms with E-state index in [1.165, 1.54) is 11.8 Å². The molecule has 2 aliphatic rings. The molecule has 0 aromatic carbocycles. The van der Waals surface area contributed by atoms with Crippen LogP contribution in [0.3, 0.4) is 0 Å². The lowest BCUT2D eigenvalue weighted by molar-refractivity contribution is -0.131. The third kappa shape index (κ3) is 4.20. The highest BCUT2D eigenvalue weighted by Crippen LogP contribution is 2.44. The first kappa shape index (κ1) is 21.5. The van der Waals surface area contributed by atoms with Crippen molar-refractivity contribution in [1.82, 2.24) is 19.8 Å². The number of nitrogens with zero attached hydrogens (tertiary/aromatic N) is 5. The van der Waals surface area contributed by atoms with Gasteiger partial charge in [0.2, 0.25) is 0 Å². The van der Waals surface area contributed by atoms with Gasteiger partial charge in [0.15, 0.2) is 5.16 Å². The smallest absolute Gasteiger partial charge is 0.253 e. The fourth-order valence-electron chi connectivity index (χ4n) is 4.49. The van der Waals surface area contributed by atoms with Crippen LogP contribution in [0.25, 0.3) is 6.08 Å². The second-order valence-corrected chi connectivity index (χ2v) is 9.03. The van der Waals surface area contributed by atoms with Crippen LogP contribution >= 0.6 is 11.8 Å². The third-order valence-electron chi connectivity index (χ3n) is 5.99. The van der Waals surface area contributed by atoms with E-state index in [1.807, 2.05) is 41.8 Å². The van der Waals surface area contributed by atoms with Crippen molar-refractivity contribution in [3.05, 3.63) is 72.4 Å². The Balaban J connectivity index is 1.42. The lowest BCUT2D eigenvalue weighted by Gasteiger charge is -2.27. The van der Waals surface area contributed by atoms with Crippen molar-refractivity contribution in [2.75, 3.05) is 5.75 Å². The highest BCUT2D eigenvalue weighted by Gasteiger charge is 2.45. The molecule has 0 saturated heterocycles. The molecule has 1 saturated carbocycles. The molecule has 5 rings (SSSR count). The standard InChI is InChI=1S/C24H25N5O3S/c1-3-11-28-16(2)25-26-24(28)33-15-21(30)29-23(20-10-6-13-32-20)19-9-4-7-17(22(19)27-29)14-18-8-5-12-31-18/h3,5-6,8,10,12-14,19,23H,1,4,7,9,11,15H2,2H3. The minimum Gasteiger partial charge on any atom is -0.467 e. The molecule has 170 valence electrons. The van der Waals surface area contributed by atoms with Gasteiger partial charge in [0.1, 0.15) is 23.4 Å². The molecule has 1 aliphatic heterocycles. The molecule has 3 aromatic rings. The Hall–Kier alpha value is -3.33. The molecule has 3 aromatic heterocycles. The van der Waals surface area contributed by atoms with Gasteiger partial charge in [-0.2, -0.15) is 5.10 Å². The zero-order chi connectivity index (χ0) is 22.8. The number of furan rings is 2. The largest absolute Gasteiger partial charge is 0.467 e. The van der Waals surface area contributed by atoms with Crippen molar-refractivity contribution in [2.45, 2.75) is 43.9 Å². The molecule has 2 unspecified atom stereocenters. The Morgan fingerprint density at radius 1 is 1.27 bits per heavy atom. The Morgan fingerprint density at radius 3 is 2.88 bits per heavy atom. The summed E-state index contributed by atoms with van der Waals surface area (Å²) in [6, 6.07) is 7.32. The van der Waals surface area contributed by atoms with Gasteiger partial charge >= 0.3 is 0 Å². The molecule has 4 heterocycles. The number of hydrogen-bond acceptors (Lipinski definition) is 7. The summed E-state index contributed by atoms with van der Waals surface area (Å²) >= 11 is 1.36. The van der Waals surface area contributed by atoms with Crippen molar-refractivity contribution in [2.24, 2.45) is 11.0 Å². The molecule has 1 amide bonds. The summed E-state index contributed by atoms with van der Waals surface area (Å²) in [7, 11) is 0. The molecular weight excluding hydrogens is 438 g/mol. The number of aryl methyl sites for hydroxylation is 1. The van der Waals surface area contributed by atoms with Gasteiger partial charge in [-0.15, -0.1) is 16.8 Å². The van der Waals surface area contributed by atoms with Gasteiger partial charge in [-0.25, -0.2) is 5.01 Å². The predicted molar refractivity (Wildman–Crippen MR) is 125 cm³/mol. The van der Waals surface area contributed by atoms with Crippen molar-refractivity contribution >= 4 is 29.5 Å².